The molecule has 0 spiro atoms. The normalized spacial score (nSPS) is 40.3. The lowest BCUT2D eigenvalue weighted by molar-refractivity contribution is -0.156. The third-order valence-electron chi connectivity index (χ3n) is 16.5. The van der Waals surface area contributed by atoms with Crippen molar-refractivity contribution in [2.75, 3.05) is 6.61 Å². The lowest BCUT2D eigenvalue weighted by Gasteiger charge is -2.61. The monoisotopic (exact) mass is 687 g/mol. The molecule has 1 N–H and O–H groups in total. The number of Topliss-reactive ketones (excluding diaryl/α,β-unsaturated/α-hetero) is 1. The van der Waals surface area contributed by atoms with Crippen LogP contribution in [0.25, 0.3) is 0 Å². The van der Waals surface area contributed by atoms with Gasteiger partial charge in [-0.1, -0.05) is 71.4 Å². The number of carbonyl (C=O) groups is 2. The minimum atomic E-state index is -0.0469. The van der Waals surface area contributed by atoms with Crippen molar-refractivity contribution in [1.82, 2.24) is 0 Å². The fraction of sp³-hybridized carbons (Fsp3) is 0.783. The Balaban J connectivity index is 0.00000139. The van der Waals surface area contributed by atoms with Crippen LogP contribution >= 0.6 is 0 Å². The molecule has 4 saturated carbocycles. The maximum atomic E-state index is 12.4. The zero-order chi connectivity index (χ0) is 36.2. The molecule has 4 fully saturated rings. The molecule has 278 valence electrons. The summed E-state index contributed by atoms with van der Waals surface area (Å²) in [6.07, 6.45) is 17.0. The molecule has 0 unspecified atom stereocenters. The molecule has 1 aromatic carbocycles. The van der Waals surface area contributed by atoms with Crippen molar-refractivity contribution < 1.29 is 19.4 Å². The molecule has 0 aromatic heterocycles. The van der Waals surface area contributed by atoms with Gasteiger partial charge in [0.25, 0.3) is 0 Å². The van der Waals surface area contributed by atoms with Crippen LogP contribution in [-0.4, -0.2) is 35.5 Å². The van der Waals surface area contributed by atoms with Gasteiger partial charge in [0.05, 0.1) is 12.2 Å². The number of ketones is 2. The minimum Gasteiger partial charge on any atom is -0.397 e. The van der Waals surface area contributed by atoms with Crippen molar-refractivity contribution in [3.8, 4) is 0 Å². The zero-order valence-electron chi connectivity index (χ0n) is 33.2. The quantitative estimate of drug-likeness (QED) is 0.310. The molecule has 0 radical (unpaired) electrons. The van der Waals surface area contributed by atoms with Gasteiger partial charge < -0.3 is 9.84 Å². The molecule has 12 atom stereocenters. The second-order valence-corrected chi connectivity index (χ2v) is 19.3. The molecule has 0 amide bonds. The number of ether oxygens (including phenoxy) is 1. The average Bonchev–Trinajstić information content (AvgIpc) is 3.41. The standard InChI is InChI=1S/C44H64O3.C2H6O/c1-27(45)25-28(2)47-40(38-21-24-44(8)35-12-10-9-11-30(35)13-18-39(44)41(38,4)5)29(3)34-16-17-36-33-15-14-31-26-32(46)19-22-42(31,6)37(33)20-23-43(34,36)7;1-2-3/h9-12,26,28-29,33-34,36-40H,13-25H2,1-8H3;3H,2H2,1H3/t28-,29-,33-,34+,36-,37-,38-,39+,40+,42-,43+,44-;/m0./s1. The van der Waals surface area contributed by atoms with E-state index in [1.807, 2.05) is 0 Å². The van der Waals surface area contributed by atoms with E-state index >= 15 is 0 Å². The Bertz CT molecular complexity index is 1440. The Labute approximate surface area is 305 Å². The van der Waals surface area contributed by atoms with Gasteiger partial charge in [-0.05, 0) is 172 Å². The van der Waals surface area contributed by atoms with E-state index < -0.39 is 0 Å². The Morgan fingerprint density at radius 1 is 0.860 bits per heavy atom. The first-order valence-corrected chi connectivity index (χ1v) is 20.7. The Morgan fingerprint density at radius 3 is 2.30 bits per heavy atom. The summed E-state index contributed by atoms with van der Waals surface area (Å²) in [5, 5.41) is 7.57. The lowest BCUT2D eigenvalue weighted by atomic mass is 9.45. The number of benzene rings is 1. The summed E-state index contributed by atoms with van der Waals surface area (Å²) in [7, 11) is 0. The topological polar surface area (TPSA) is 63.6 Å². The van der Waals surface area contributed by atoms with Crippen LogP contribution in [0.4, 0.5) is 0 Å². The minimum absolute atomic E-state index is 0.0469. The number of carbonyl (C=O) groups excluding carboxylic acids is 2. The van der Waals surface area contributed by atoms with Crippen LogP contribution in [0.15, 0.2) is 35.9 Å². The summed E-state index contributed by atoms with van der Waals surface area (Å²) in [6.45, 7) is 21.3. The van der Waals surface area contributed by atoms with E-state index in [0.29, 0.717) is 41.3 Å². The van der Waals surface area contributed by atoms with Gasteiger partial charge in [-0.25, -0.2) is 0 Å². The van der Waals surface area contributed by atoms with Gasteiger partial charge in [-0.3, -0.25) is 9.59 Å². The molecule has 1 aromatic rings. The summed E-state index contributed by atoms with van der Waals surface area (Å²) in [6, 6.07) is 9.28. The van der Waals surface area contributed by atoms with Crippen LogP contribution in [0.2, 0.25) is 0 Å². The summed E-state index contributed by atoms with van der Waals surface area (Å²) in [4.78, 5) is 24.7. The van der Waals surface area contributed by atoms with E-state index in [-0.39, 0.29) is 40.8 Å². The van der Waals surface area contributed by atoms with Gasteiger partial charge in [0.2, 0.25) is 0 Å². The second-order valence-electron chi connectivity index (χ2n) is 19.3. The van der Waals surface area contributed by atoms with E-state index in [1.165, 1.54) is 63.4 Å². The van der Waals surface area contributed by atoms with Gasteiger partial charge in [-0.2, -0.15) is 0 Å². The Kier molecular flexibility index (Phi) is 10.8. The van der Waals surface area contributed by atoms with Gasteiger partial charge in [0.15, 0.2) is 5.78 Å². The van der Waals surface area contributed by atoms with E-state index in [1.54, 1.807) is 25.0 Å². The summed E-state index contributed by atoms with van der Waals surface area (Å²) in [5.41, 5.74) is 5.57. The van der Waals surface area contributed by atoms with Crippen LogP contribution in [0.1, 0.15) is 150 Å². The summed E-state index contributed by atoms with van der Waals surface area (Å²) < 4.78 is 7.26. The van der Waals surface area contributed by atoms with Crippen molar-refractivity contribution in [1.29, 1.82) is 0 Å². The largest absolute Gasteiger partial charge is 0.397 e. The predicted octanol–water partition coefficient (Wildman–Crippen LogP) is 10.5. The van der Waals surface area contributed by atoms with Crippen molar-refractivity contribution >= 4 is 11.6 Å². The smallest absolute Gasteiger partial charge is 0.155 e. The Hall–Kier alpha value is -1.78. The van der Waals surface area contributed by atoms with E-state index in [4.69, 9.17) is 9.84 Å². The SMILES string of the molecule is CC(=O)C[C@H](C)O[C@H]([C@@H](C)[C@H]1CC[C@H]2[C@@H]3CCC4=CC(=O)CC[C@]4(C)[C@H]3CC[C@]12C)[C@@H]1CC[C@@]2(C)c3ccccc3CC[C@@H]2C1(C)C.CCO. The van der Waals surface area contributed by atoms with E-state index in [2.05, 4.69) is 78.8 Å². The molecule has 6 aliphatic carbocycles. The number of aliphatic hydroxyl groups is 1. The number of aryl methyl sites for hydroxylation is 1. The third-order valence-corrected chi connectivity index (χ3v) is 16.5. The van der Waals surface area contributed by atoms with Crippen LogP contribution in [-0.2, 0) is 26.2 Å². The van der Waals surface area contributed by atoms with Gasteiger partial charge in [-0.15, -0.1) is 0 Å². The molecular weight excluding hydrogens is 617 g/mol. The highest BCUT2D eigenvalue weighted by Crippen LogP contribution is 2.69. The number of allylic oxidation sites excluding steroid dienone is 1. The highest BCUT2D eigenvalue weighted by Gasteiger charge is 2.62. The van der Waals surface area contributed by atoms with Crippen LogP contribution in [0.5, 0.6) is 0 Å². The molecule has 6 aliphatic rings. The third kappa shape index (κ3) is 6.33. The van der Waals surface area contributed by atoms with Crippen molar-refractivity contribution in [3.05, 3.63) is 47.0 Å². The first-order chi connectivity index (χ1) is 23.6. The molecule has 0 heterocycles. The van der Waals surface area contributed by atoms with Gasteiger partial charge in [0, 0.05) is 19.4 Å². The lowest BCUT2D eigenvalue weighted by Crippen LogP contribution is -2.57. The number of rotatable bonds is 7. The van der Waals surface area contributed by atoms with Crippen LogP contribution < -0.4 is 0 Å². The average molecular weight is 687 g/mol. The number of hydrogen-bond donors (Lipinski definition) is 1. The van der Waals surface area contributed by atoms with Crippen molar-refractivity contribution in [2.24, 2.45) is 57.7 Å². The molecular formula is C46H70O4. The molecule has 4 heteroatoms. The summed E-state index contributed by atoms with van der Waals surface area (Å²) >= 11 is 0. The van der Waals surface area contributed by atoms with Crippen molar-refractivity contribution in [3.63, 3.8) is 0 Å². The fourth-order valence-corrected chi connectivity index (χ4v) is 14.3. The number of hydrogen-bond acceptors (Lipinski definition) is 4. The summed E-state index contributed by atoms with van der Waals surface area (Å²) in [5.74, 6) is 5.10. The van der Waals surface area contributed by atoms with Crippen molar-refractivity contribution in [2.45, 2.75) is 163 Å². The van der Waals surface area contributed by atoms with E-state index in [0.717, 1.165) is 37.0 Å². The fourth-order valence-electron chi connectivity index (χ4n) is 14.3. The molecule has 50 heavy (non-hydrogen) atoms. The zero-order valence-corrected chi connectivity index (χ0v) is 33.2. The molecule has 7 rings (SSSR count). The van der Waals surface area contributed by atoms with Crippen LogP contribution in [0, 0.1) is 57.7 Å². The second kappa shape index (κ2) is 14.2. The van der Waals surface area contributed by atoms with Gasteiger partial charge >= 0.3 is 0 Å². The molecule has 0 saturated heterocycles. The Morgan fingerprint density at radius 2 is 1.58 bits per heavy atom. The highest BCUT2D eigenvalue weighted by molar-refractivity contribution is 5.91. The maximum absolute atomic E-state index is 12.4. The molecule has 0 bridgehead atoms. The molecule has 4 nitrogen and oxygen atoms in total. The number of fused-ring (bicyclic) bond motifs is 8. The maximum Gasteiger partial charge on any atom is 0.155 e. The van der Waals surface area contributed by atoms with E-state index in [9.17, 15) is 9.59 Å². The van der Waals surface area contributed by atoms with Crippen LogP contribution in [0.3, 0.4) is 0 Å². The number of aliphatic hydroxyl groups excluding tert-OH is 1. The van der Waals surface area contributed by atoms with Gasteiger partial charge in [0.1, 0.15) is 5.78 Å². The molecule has 0 aliphatic heterocycles. The highest BCUT2D eigenvalue weighted by atomic mass is 16.5. The predicted molar refractivity (Wildman–Crippen MR) is 204 cm³/mol. The first kappa shape index (κ1) is 38.0. The first-order valence-electron chi connectivity index (χ1n) is 20.7.